The standard InChI is InChI=1S/C11H10INO/c1-14-8-3-4-9-7(6-8)2-5-10(13)11(9)12/h2-6H,13H2,1H3. The second kappa shape index (κ2) is 3.65. The van der Waals surface area contributed by atoms with Crippen LogP contribution < -0.4 is 10.5 Å². The van der Waals surface area contributed by atoms with Gasteiger partial charge in [-0.15, -0.1) is 0 Å². The van der Waals surface area contributed by atoms with E-state index in [4.69, 9.17) is 10.5 Å². The minimum atomic E-state index is 0.822. The van der Waals surface area contributed by atoms with Crippen LogP contribution in [-0.4, -0.2) is 7.11 Å². The van der Waals surface area contributed by atoms with Gasteiger partial charge in [-0.05, 0) is 57.6 Å². The first-order valence-corrected chi connectivity index (χ1v) is 5.32. The molecule has 2 rings (SSSR count). The molecule has 2 aromatic carbocycles. The van der Waals surface area contributed by atoms with Gasteiger partial charge in [0, 0.05) is 9.26 Å². The summed E-state index contributed by atoms with van der Waals surface area (Å²) in [6.07, 6.45) is 0. The number of methoxy groups -OCH3 is 1. The second-order valence-electron chi connectivity index (χ2n) is 3.06. The number of hydrogen-bond donors (Lipinski definition) is 1. The maximum atomic E-state index is 5.82. The number of ether oxygens (including phenoxy) is 1. The van der Waals surface area contributed by atoms with E-state index in [1.54, 1.807) is 7.11 Å². The molecule has 0 heterocycles. The van der Waals surface area contributed by atoms with E-state index < -0.39 is 0 Å². The predicted molar refractivity (Wildman–Crippen MR) is 67.6 cm³/mol. The van der Waals surface area contributed by atoms with Crippen molar-refractivity contribution in [3.8, 4) is 5.75 Å². The van der Waals surface area contributed by atoms with Crippen molar-refractivity contribution in [3.63, 3.8) is 0 Å². The van der Waals surface area contributed by atoms with Crippen molar-refractivity contribution in [1.29, 1.82) is 0 Å². The van der Waals surface area contributed by atoms with Crippen molar-refractivity contribution >= 4 is 39.1 Å². The molecule has 0 saturated heterocycles. The van der Waals surface area contributed by atoms with Gasteiger partial charge in [0.05, 0.1) is 7.11 Å². The number of hydrogen-bond acceptors (Lipinski definition) is 2. The Balaban J connectivity index is 2.74. The summed E-state index contributed by atoms with van der Waals surface area (Å²) in [4.78, 5) is 0. The fraction of sp³-hybridized carbons (Fsp3) is 0.0909. The van der Waals surface area contributed by atoms with E-state index in [0.717, 1.165) is 20.4 Å². The third-order valence-electron chi connectivity index (χ3n) is 2.19. The number of rotatable bonds is 1. The largest absolute Gasteiger partial charge is 0.497 e. The second-order valence-corrected chi connectivity index (χ2v) is 4.13. The Morgan fingerprint density at radius 3 is 2.71 bits per heavy atom. The van der Waals surface area contributed by atoms with Crippen LogP contribution in [0, 0.1) is 3.57 Å². The first-order chi connectivity index (χ1) is 6.72. The highest BCUT2D eigenvalue weighted by molar-refractivity contribution is 14.1. The lowest BCUT2D eigenvalue weighted by Gasteiger charge is -2.05. The highest BCUT2D eigenvalue weighted by atomic mass is 127. The van der Waals surface area contributed by atoms with Crippen LogP contribution in [0.25, 0.3) is 10.8 Å². The van der Waals surface area contributed by atoms with Gasteiger partial charge in [0.1, 0.15) is 5.75 Å². The van der Waals surface area contributed by atoms with Gasteiger partial charge in [-0.3, -0.25) is 0 Å². The van der Waals surface area contributed by atoms with E-state index in [9.17, 15) is 0 Å². The molecule has 0 amide bonds. The number of nitrogens with two attached hydrogens (primary N) is 1. The quantitative estimate of drug-likeness (QED) is 0.649. The summed E-state index contributed by atoms with van der Waals surface area (Å²) < 4.78 is 6.26. The third kappa shape index (κ3) is 1.52. The van der Waals surface area contributed by atoms with E-state index >= 15 is 0 Å². The molecule has 0 spiro atoms. The average Bonchev–Trinajstić information content (AvgIpc) is 2.23. The van der Waals surface area contributed by atoms with Gasteiger partial charge in [-0.1, -0.05) is 6.07 Å². The van der Waals surface area contributed by atoms with E-state index in [1.165, 1.54) is 5.39 Å². The lowest BCUT2D eigenvalue weighted by atomic mass is 10.1. The predicted octanol–water partition coefficient (Wildman–Crippen LogP) is 3.04. The summed E-state index contributed by atoms with van der Waals surface area (Å²) in [5.41, 5.74) is 6.64. The van der Waals surface area contributed by atoms with Crippen LogP contribution in [0.3, 0.4) is 0 Å². The van der Waals surface area contributed by atoms with E-state index in [0.29, 0.717) is 0 Å². The van der Waals surface area contributed by atoms with Crippen LogP contribution in [0.4, 0.5) is 5.69 Å². The summed E-state index contributed by atoms with van der Waals surface area (Å²) in [6, 6.07) is 9.92. The summed E-state index contributed by atoms with van der Waals surface area (Å²) >= 11 is 2.26. The Hall–Kier alpha value is -0.970. The highest BCUT2D eigenvalue weighted by Crippen LogP contribution is 2.28. The van der Waals surface area contributed by atoms with E-state index in [2.05, 4.69) is 22.6 Å². The number of fused-ring (bicyclic) bond motifs is 1. The highest BCUT2D eigenvalue weighted by Gasteiger charge is 2.02. The van der Waals surface area contributed by atoms with Crippen molar-refractivity contribution < 1.29 is 4.74 Å². The molecule has 0 unspecified atom stereocenters. The summed E-state index contributed by atoms with van der Waals surface area (Å²) in [6.45, 7) is 0. The van der Waals surface area contributed by atoms with Gasteiger partial charge in [0.25, 0.3) is 0 Å². The first kappa shape index (κ1) is 9.58. The summed E-state index contributed by atoms with van der Waals surface area (Å²) in [7, 11) is 1.67. The van der Waals surface area contributed by atoms with E-state index in [1.807, 2.05) is 30.3 Å². The minimum Gasteiger partial charge on any atom is -0.497 e. The fourth-order valence-electron chi connectivity index (χ4n) is 1.41. The van der Waals surface area contributed by atoms with Crippen LogP contribution in [0.2, 0.25) is 0 Å². The molecule has 72 valence electrons. The molecule has 0 saturated carbocycles. The van der Waals surface area contributed by atoms with Crippen molar-refractivity contribution in [2.45, 2.75) is 0 Å². The molecule has 0 aromatic heterocycles. The number of benzene rings is 2. The lowest BCUT2D eigenvalue weighted by molar-refractivity contribution is 0.415. The Bertz CT molecular complexity index is 482. The normalized spacial score (nSPS) is 10.4. The van der Waals surface area contributed by atoms with Gasteiger partial charge in [0.2, 0.25) is 0 Å². The summed E-state index contributed by atoms with van der Waals surface area (Å²) in [5.74, 6) is 0.873. The van der Waals surface area contributed by atoms with Crippen molar-refractivity contribution in [2.75, 3.05) is 12.8 Å². The van der Waals surface area contributed by atoms with Gasteiger partial charge in [-0.2, -0.15) is 0 Å². The van der Waals surface area contributed by atoms with Crippen LogP contribution in [0.5, 0.6) is 5.75 Å². The SMILES string of the molecule is COc1ccc2c(I)c(N)ccc2c1. The molecule has 0 bridgehead atoms. The fourth-order valence-corrected chi connectivity index (χ4v) is 2.08. The van der Waals surface area contributed by atoms with Crippen LogP contribution in [0.1, 0.15) is 0 Å². The molecule has 2 nitrogen and oxygen atoms in total. The van der Waals surface area contributed by atoms with Crippen LogP contribution >= 0.6 is 22.6 Å². The Morgan fingerprint density at radius 1 is 1.21 bits per heavy atom. The van der Waals surface area contributed by atoms with Crippen molar-refractivity contribution in [1.82, 2.24) is 0 Å². The number of nitrogen functional groups attached to an aromatic ring is 1. The maximum Gasteiger partial charge on any atom is 0.119 e. The molecular formula is C11H10INO. The smallest absolute Gasteiger partial charge is 0.119 e. The average molecular weight is 299 g/mol. The van der Waals surface area contributed by atoms with Crippen LogP contribution in [0.15, 0.2) is 30.3 Å². The maximum absolute atomic E-state index is 5.82. The molecule has 14 heavy (non-hydrogen) atoms. The molecule has 0 radical (unpaired) electrons. The number of halogens is 1. The Kier molecular flexibility index (Phi) is 2.50. The molecule has 0 aliphatic heterocycles. The van der Waals surface area contributed by atoms with Crippen molar-refractivity contribution in [3.05, 3.63) is 33.9 Å². The molecule has 2 N–H and O–H groups in total. The zero-order chi connectivity index (χ0) is 10.1. The molecular weight excluding hydrogens is 289 g/mol. The summed E-state index contributed by atoms with van der Waals surface area (Å²) in [5, 5.41) is 2.33. The van der Waals surface area contributed by atoms with Gasteiger partial charge >= 0.3 is 0 Å². The van der Waals surface area contributed by atoms with Crippen molar-refractivity contribution in [2.24, 2.45) is 0 Å². The van der Waals surface area contributed by atoms with Gasteiger partial charge < -0.3 is 10.5 Å². The number of anilines is 1. The topological polar surface area (TPSA) is 35.2 Å². The molecule has 0 aliphatic rings. The zero-order valence-electron chi connectivity index (χ0n) is 7.75. The minimum absolute atomic E-state index is 0.822. The third-order valence-corrected chi connectivity index (χ3v) is 3.40. The molecule has 2 aromatic rings. The molecule has 0 aliphatic carbocycles. The molecule has 0 fully saturated rings. The lowest BCUT2D eigenvalue weighted by Crippen LogP contribution is -1.90. The monoisotopic (exact) mass is 299 g/mol. The van der Waals surface area contributed by atoms with Gasteiger partial charge in [-0.25, -0.2) is 0 Å². The molecule has 3 heteroatoms. The van der Waals surface area contributed by atoms with E-state index in [-0.39, 0.29) is 0 Å². The first-order valence-electron chi connectivity index (χ1n) is 4.24. The Morgan fingerprint density at radius 2 is 2.00 bits per heavy atom. The molecule has 0 atom stereocenters. The zero-order valence-corrected chi connectivity index (χ0v) is 9.91. The van der Waals surface area contributed by atoms with Gasteiger partial charge in [0.15, 0.2) is 0 Å². The van der Waals surface area contributed by atoms with Crippen LogP contribution in [-0.2, 0) is 0 Å². The Labute approximate surface area is 96.2 Å².